The molecule has 0 bridgehead atoms. The van der Waals surface area contributed by atoms with Crippen molar-refractivity contribution in [1.29, 1.82) is 0 Å². The Labute approximate surface area is 88.8 Å². The first-order valence-electron chi connectivity index (χ1n) is 3.83. The minimum absolute atomic E-state index is 0.952. The van der Waals surface area contributed by atoms with Gasteiger partial charge in [-0.05, 0) is 0 Å². The van der Waals surface area contributed by atoms with Crippen LogP contribution in [-0.4, -0.2) is 25.1 Å². The Balaban J connectivity index is 4.71. The van der Waals surface area contributed by atoms with Gasteiger partial charge >= 0.3 is 18.5 Å². The normalized spacial score (nSPS) is 15.0. The van der Waals surface area contributed by atoms with Gasteiger partial charge < -0.3 is 4.74 Å². The van der Waals surface area contributed by atoms with Crippen molar-refractivity contribution in [1.82, 2.24) is 0 Å². The van der Waals surface area contributed by atoms with Gasteiger partial charge in [0.1, 0.15) is 12.2 Å². The highest BCUT2D eigenvalue weighted by atomic mass is 19.4. The van der Waals surface area contributed by atoms with Gasteiger partial charge in [-0.3, -0.25) is 0 Å². The molecule has 0 aliphatic carbocycles. The monoisotopic (exact) mass is 276 g/mol. The fraction of sp³-hybridized carbons (Fsp3) is 0.714. The molecule has 0 saturated carbocycles. The van der Waals surface area contributed by atoms with Crippen molar-refractivity contribution in [2.75, 3.05) is 6.61 Å². The lowest BCUT2D eigenvalue weighted by Gasteiger charge is -2.15. The molecule has 0 radical (unpaired) electrons. The summed E-state index contributed by atoms with van der Waals surface area (Å²) < 4.78 is 108. The highest BCUT2D eigenvalue weighted by Gasteiger charge is 2.36. The molecule has 0 aromatic carbocycles. The molecule has 0 unspecified atom stereocenters. The van der Waals surface area contributed by atoms with E-state index >= 15 is 0 Å². The van der Waals surface area contributed by atoms with Crippen molar-refractivity contribution < 1.29 is 44.3 Å². The van der Waals surface area contributed by atoms with Crippen LogP contribution >= 0.6 is 0 Å². The van der Waals surface area contributed by atoms with E-state index in [0.717, 1.165) is 0 Å². The van der Waals surface area contributed by atoms with Gasteiger partial charge in [0.2, 0.25) is 0 Å². The van der Waals surface area contributed by atoms with Gasteiger partial charge in [-0.25, -0.2) is 0 Å². The van der Waals surface area contributed by atoms with E-state index in [9.17, 15) is 39.5 Å². The van der Waals surface area contributed by atoms with Gasteiger partial charge in [0.25, 0.3) is 0 Å². The maximum atomic E-state index is 11.7. The lowest BCUT2D eigenvalue weighted by atomic mass is 10.3. The van der Waals surface area contributed by atoms with Crippen molar-refractivity contribution in [3.05, 3.63) is 11.8 Å². The average molecular weight is 276 g/mol. The molecule has 0 amide bonds. The number of halogens is 9. The second kappa shape index (κ2) is 5.05. The molecule has 0 aromatic rings. The quantitative estimate of drug-likeness (QED) is 0.560. The maximum absolute atomic E-state index is 11.7. The van der Waals surface area contributed by atoms with Gasteiger partial charge in [-0.2, -0.15) is 39.5 Å². The van der Waals surface area contributed by atoms with Crippen molar-refractivity contribution in [2.45, 2.75) is 24.9 Å². The van der Waals surface area contributed by atoms with E-state index in [1.165, 1.54) is 0 Å². The zero-order valence-electron chi connectivity index (χ0n) is 7.80. The molecule has 1 nitrogen and oxygen atoms in total. The van der Waals surface area contributed by atoms with Crippen LogP contribution in [0.4, 0.5) is 39.5 Å². The maximum Gasteiger partial charge on any atom is 0.422 e. The minimum atomic E-state index is -5.19. The first-order valence-corrected chi connectivity index (χ1v) is 3.83. The number of hydrogen-bond acceptors (Lipinski definition) is 1. The van der Waals surface area contributed by atoms with E-state index in [0.29, 0.717) is 0 Å². The Bertz CT molecular complexity index is 269. The lowest BCUT2D eigenvalue weighted by Crippen LogP contribution is -2.20. The summed E-state index contributed by atoms with van der Waals surface area (Å²) in [5.74, 6) is -1.83. The number of rotatable bonds is 3. The van der Waals surface area contributed by atoms with Crippen molar-refractivity contribution in [3.8, 4) is 0 Å². The molecular formula is C7H5F9O. The van der Waals surface area contributed by atoms with Crippen LogP contribution in [0.5, 0.6) is 0 Å². The summed E-state index contributed by atoms with van der Waals surface area (Å²) in [7, 11) is 0. The van der Waals surface area contributed by atoms with Crippen LogP contribution in [0.1, 0.15) is 6.42 Å². The van der Waals surface area contributed by atoms with Gasteiger partial charge in [0.15, 0.2) is 6.61 Å². The van der Waals surface area contributed by atoms with Gasteiger partial charge in [0, 0.05) is 0 Å². The van der Waals surface area contributed by atoms with Crippen molar-refractivity contribution in [2.24, 2.45) is 0 Å². The Morgan fingerprint density at radius 1 is 0.824 bits per heavy atom. The molecular weight excluding hydrogens is 271 g/mol. The highest BCUT2D eigenvalue weighted by Crippen LogP contribution is 2.29. The molecule has 102 valence electrons. The molecule has 0 N–H and O–H groups in total. The summed E-state index contributed by atoms with van der Waals surface area (Å²) in [6.45, 7) is -2.22. The average Bonchev–Trinajstić information content (AvgIpc) is 1.92. The van der Waals surface area contributed by atoms with Gasteiger partial charge in [-0.15, -0.1) is 0 Å². The Morgan fingerprint density at radius 2 is 1.29 bits per heavy atom. The largest absolute Gasteiger partial charge is 0.488 e. The van der Waals surface area contributed by atoms with E-state index in [2.05, 4.69) is 4.74 Å². The Kier molecular flexibility index (Phi) is 4.72. The van der Waals surface area contributed by atoms with Gasteiger partial charge in [0.05, 0.1) is 6.08 Å². The summed E-state index contributed by atoms with van der Waals surface area (Å²) in [5.41, 5.74) is 0. The first kappa shape index (κ1) is 15.9. The molecule has 0 aliphatic heterocycles. The number of ether oxygens (including phenoxy) is 1. The summed E-state index contributed by atoms with van der Waals surface area (Å²) >= 11 is 0. The van der Waals surface area contributed by atoms with Gasteiger partial charge in [-0.1, -0.05) is 0 Å². The van der Waals surface area contributed by atoms with Crippen LogP contribution in [-0.2, 0) is 4.74 Å². The molecule has 17 heavy (non-hydrogen) atoms. The first-order chi connectivity index (χ1) is 7.29. The van der Waals surface area contributed by atoms with E-state index in [1.54, 1.807) is 0 Å². The second-order valence-corrected chi connectivity index (χ2v) is 2.85. The van der Waals surface area contributed by atoms with Crippen LogP contribution in [0.3, 0.4) is 0 Å². The van der Waals surface area contributed by atoms with Crippen LogP contribution in [0.2, 0.25) is 0 Å². The SMILES string of the molecule is FC(F)(F)/C=C(/CC(F)(F)F)OCC(F)(F)F. The van der Waals surface area contributed by atoms with E-state index in [4.69, 9.17) is 0 Å². The fourth-order valence-corrected chi connectivity index (χ4v) is 0.698. The second-order valence-electron chi connectivity index (χ2n) is 2.85. The molecule has 0 aromatic heterocycles. The standard InChI is InChI=1S/C7H5F9O/c8-5(9,10)1-4(2-6(11,12)13)17-3-7(14,15)16/h1H,2-3H2/b4-1-. The molecule has 10 heteroatoms. The van der Waals surface area contributed by atoms with Crippen LogP contribution in [0.25, 0.3) is 0 Å². The van der Waals surface area contributed by atoms with Crippen LogP contribution in [0, 0.1) is 0 Å². The lowest BCUT2D eigenvalue weighted by molar-refractivity contribution is -0.176. The zero-order chi connectivity index (χ0) is 13.9. The number of allylic oxidation sites excluding steroid dienone is 2. The number of hydrogen-bond donors (Lipinski definition) is 0. The molecule has 0 spiro atoms. The van der Waals surface area contributed by atoms with Crippen LogP contribution < -0.4 is 0 Å². The topological polar surface area (TPSA) is 9.23 Å². The summed E-state index contributed by atoms with van der Waals surface area (Å²) in [5, 5.41) is 0. The third-order valence-corrected chi connectivity index (χ3v) is 1.12. The van der Waals surface area contributed by atoms with Crippen LogP contribution in [0.15, 0.2) is 11.8 Å². The molecule has 0 heterocycles. The van der Waals surface area contributed by atoms with Crippen molar-refractivity contribution >= 4 is 0 Å². The Hall–Kier alpha value is -1.09. The fourth-order valence-electron chi connectivity index (χ4n) is 0.698. The number of alkyl halides is 9. The zero-order valence-corrected chi connectivity index (χ0v) is 7.80. The minimum Gasteiger partial charge on any atom is -0.488 e. The van der Waals surface area contributed by atoms with E-state index in [-0.39, 0.29) is 0 Å². The Morgan fingerprint density at radius 3 is 1.59 bits per heavy atom. The molecule has 0 rings (SSSR count). The van der Waals surface area contributed by atoms with E-state index < -0.39 is 43.4 Å². The molecule has 0 aliphatic rings. The highest BCUT2D eigenvalue weighted by molar-refractivity contribution is 5.00. The molecule has 0 fully saturated rings. The smallest absolute Gasteiger partial charge is 0.422 e. The predicted octanol–water partition coefficient (Wildman–Crippen LogP) is 3.96. The van der Waals surface area contributed by atoms with Crippen molar-refractivity contribution in [3.63, 3.8) is 0 Å². The molecule has 0 atom stereocenters. The third-order valence-electron chi connectivity index (χ3n) is 1.12. The molecule has 0 saturated heterocycles. The third kappa shape index (κ3) is 11.2. The summed E-state index contributed by atoms with van der Waals surface area (Å²) in [4.78, 5) is 0. The van der Waals surface area contributed by atoms with E-state index in [1.807, 2.05) is 0 Å². The summed E-state index contributed by atoms with van der Waals surface area (Å²) in [6.07, 6.45) is -18.5. The predicted molar refractivity (Wildman–Crippen MR) is 36.8 cm³/mol. The summed E-state index contributed by atoms with van der Waals surface area (Å²) in [6, 6.07) is 0.